The summed E-state index contributed by atoms with van der Waals surface area (Å²) >= 11 is 0. The van der Waals surface area contributed by atoms with Crippen molar-refractivity contribution >= 4 is 5.91 Å². The van der Waals surface area contributed by atoms with Crippen molar-refractivity contribution in [2.45, 2.75) is 65.1 Å². The maximum absolute atomic E-state index is 12.0. The molecular weight excluding hydrogens is 352 g/mol. The largest absolute Gasteiger partial charge is 0.333 e. The van der Waals surface area contributed by atoms with Gasteiger partial charge >= 0.3 is 0 Å². The molecule has 0 unspecified atom stereocenters. The molecule has 7 heteroatoms. The number of hydrogen-bond acceptors (Lipinski definition) is 6. The van der Waals surface area contributed by atoms with Gasteiger partial charge in [0, 0.05) is 81.4 Å². The number of carbonyl (C=O) groups excluding carboxylic acids is 1. The number of aryl methyl sites for hydroxylation is 1. The number of aromatic nitrogens is 4. The first-order valence-corrected chi connectivity index (χ1v) is 10.3. The molecule has 0 spiro atoms. The summed E-state index contributed by atoms with van der Waals surface area (Å²) in [6, 6.07) is 0.0313. The molecule has 2 aromatic heterocycles. The number of hydrogen-bond donors (Lipinski definition) is 0. The summed E-state index contributed by atoms with van der Waals surface area (Å²) in [6.07, 6.45) is 10.7. The van der Waals surface area contributed by atoms with Gasteiger partial charge < -0.3 is 4.90 Å². The van der Waals surface area contributed by atoms with Gasteiger partial charge in [0.05, 0.1) is 6.04 Å². The first kappa shape index (κ1) is 18.9. The van der Waals surface area contributed by atoms with E-state index in [0.717, 1.165) is 81.2 Å². The Morgan fingerprint density at radius 1 is 1.14 bits per heavy atom. The third-order valence-corrected chi connectivity index (χ3v) is 5.72. The van der Waals surface area contributed by atoms with Crippen molar-refractivity contribution in [3.05, 3.63) is 47.1 Å². The van der Waals surface area contributed by atoms with E-state index >= 15 is 0 Å². The molecule has 0 bridgehead atoms. The molecule has 1 amide bonds. The van der Waals surface area contributed by atoms with E-state index in [-0.39, 0.29) is 11.9 Å². The molecule has 4 rings (SSSR count). The minimum atomic E-state index is 0.0313. The molecule has 2 aliphatic rings. The highest BCUT2D eigenvalue weighted by atomic mass is 16.2. The van der Waals surface area contributed by atoms with Gasteiger partial charge in [0.15, 0.2) is 5.82 Å². The van der Waals surface area contributed by atoms with Crippen LogP contribution in [0, 0.1) is 0 Å². The topological polar surface area (TPSA) is 75.1 Å². The summed E-state index contributed by atoms with van der Waals surface area (Å²) < 4.78 is 0. The summed E-state index contributed by atoms with van der Waals surface area (Å²) in [6.45, 7) is 7.16. The number of piperidine rings is 1. The van der Waals surface area contributed by atoms with Gasteiger partial charge in [-0.15, -0.1) is 0 Å². The smallest absolute Gasteiger partial charge is 0.220 e. The Morgan fingerprint density at radius 3 is 2.71 bits per heavy atom. The quantitative estimate of drug-likeness (QED) is 0.811. The van der Waals surface area contributed by atoms with Crippen LogP contribution >= 0.6 is 0 Å². The van der Waals surface area contributed by atoms with Crippen LogP contribution in [0.2, 0.25) is 0 Å². The first-order chi connectivity index (χ1) is 13.6. The Balaban J connectivity index is 1.45. The van der Waals surface area contributed by atoms with Crippen LogP contribution in [-0.4, -0.2) is 48.7 Å². The summed E-state index contributed by atoms with van der Waals surface area (Å²) in [5.41, 5.74) is 3.46. The fourth-order valence-electron chi connectivity index (χ4n) is 4.17. The standard InChI is InChI=1S/C21H28N6O/c1-3-20-22-10-16(11-23-20)13-26-9-7-18-17(14-26)12-24-21(25-18)19-6-4-5-8-27(19)15(2)28/h10-12,19H,3-9,13-14H2,1-2H3/t19-/m1/s1. The molecule has 0 aliphatic carbocycles. The first-order valence-electron chi connectivity index (χ1n) is 10.3. The van der Waals surface area contributed by atoms with Crippen molar-refractivity contribution in [2.75, 3.05) is 13.1 Å². The summed E-state index contributed by atoms with van der Waals surface area (Å²) in [4.78, 5) is 34.6. The fraction of sp³-hybridized carbons (Fsp3) is 0.571. The van der Waals surface area contributed by atoms with Crippen molar-refractivity contribution in [1.29, 1.82) is 0 Å². The van der Waals surface area contributed by atoms with Gasteiger partial charge in [-0.3, -0.25) is 9.69 Å². The minimum absolute atomic E-state index is 0.0313. The predicted molar refractivity (Wildman–Crippen MR) is 105 cm³/mol. The fourth-order valence-corrected chi connectivity index (χ4v) is 4.17. The lowest BCUT2D eigenvalue weighted by Gasteiger charge is -2.35. The molecule has 1 atom stereocenters. The predicted octanol–water partition coefficient (Wildman–Crippen LogP) is 2.46. The van der Waals surface area contributed by atoms with E-state index in [0.29, 0.717) is 0 Å². The summed E-state index contributed by atoms with van der Waals surface area (Å²) in [7, 11) is 0. The minimum Gasteiger partial charge on any atom is -0.333 e. The Bertz CT molecular complexity index is 837. The molecule has 0 saturated carbocycles. The molecule has 1 saturated heterocycles. The van der Waals surface area contributed by atoms with Crippen LogP contribution in [0.5, 0.6) is 0 Å². The molecule has 0 N–H and O–H groups in total. The van der Waals surface area contributed by atoms with Gasteiger partial charge in [0.2, 0.25) is 5.91 Å². The lowest BCUT2D eigenvalue weighted by Crippen LogP contribution is -2.38. The number of rotatable bonds is 4. The van der Waals surface area contributed by atoms with Crippen LogP contribution in [0.1, 0.15) is 67.6 Å². The summed E-state index contributed by atoms with van der Waals surface area (Å²) in [5, 5.41) is 0. The van der Waals surface area contributed by atoms with Crippen molar-refractivity contribution in [1.82, 2.24) is 29.7 Å². The Morgan fingerprint density at radius 2 is 1.96 bits per heavy atom. The van der Waals surface area contributed by atoms with E-state index in [2.05, 4.69) is 26.8 Å². The van der Waals surface area contributed by atoms with E-state index < -0.39 is 0 Å². The van der Waals surface area contributed by atoms with Gasteiger partial charge in [-0.2, -0.15) is 0 Å². The van der Waals surface area contributed by atoms with Gasteiger partial charge in [-0.1, -0.05) is 6.92 Å². The Kier molecular flexibility index (Phi) is 5.62. The maximum atomic E-state index is 12.0. The monoisotopic (exact) mass is 380 g/mol. The van der Waals surface area contributed by atoms with Crippen LogP contribution in [0.25, 0.3) is 0 Å². The van der Waals surface area contributed by atoms with Crippen LogP contribution in [0.15, 0.2) is 18.6 Å². The van der Waals surface area contributed by atoms with E-state index in [1.54, 1.807) is 6.92 Å². The highest BCUT2D eigenvalue weighted by Crippen LogP contribution is 2.30. The lowest BCUT2D eigenvalue weighted by atomic mass is 10.0. The molecule has 0 aromatic carbocycles. The molecule has 4 heterocycles. The summed E-state index contributed by atoms with van der Waals surface area (Å²) in [5.74, 6) is 1.81. The molecule has 148 valence electrons. The Labute approximate surface area is 166 Å². The molecule has 7 nitrogen and oxygen atoms in total. The number of likely N-dealkylation sites (tertiary alicyclic amines) is 1. The van der Waals surface area contributed by atoms with E-state index in [4.69, 9.17) is 4.98 Å². The van der Waals surface area contributed by atoms with Crippen molar-refractivity contribution in [3.8, 4) is 0 Å². The van der Waals surface area contributed by atoms with E-state index in [9.17, 15) is 4.79 Å². The second-order valence-electron chi connectivity index (χ2n) is 7.75. The number of nitrogens with zero attached hydrogens (tertiary/aromatic N) is 6. The Hall–Kier alpha value is -2.41. The van der Waals surface area contributed by atoms with Crippen LogP contribution in [-0.2, 0) is 30.7 Å². The highest BCUT2D eigenvalue weighted by molar-refractivity contribution is 5.73. The SMILES string of the molecule is CCc1ncc(CN2CCc3nc([C@H]4CCCCN4C(C)=O)ncc3C2)cn1. The average molecular weight is 380 g/mol. The van der Waals surface area contributed by atoms with Gasteiger partial charge in [0.25, 0.3) is 0 Å². The van der Waals surface area contributed by atoms with Gasteiger partial charge in [-0.05, 0) is 19.3 Å². The zero-order chi connectivity index (χ0) is 19.5. The second kappa shape index (κ2) is 8.31. The molecule has 2 aliphatic heterocycles. The lowest BCUT2D eigenvalue weighted by molar-refractivity contribution is -0.132. The maximum Gasteiger partial charge on any atom is 0.220 e. The third kappa shape index (κ3) is 4.04. The highest BCUT2D eigenvalue weighted by Gasteiger charge is 2.29. The van der Waals surface area contributed by atoms with Crippen molar-refractivity contribution in [2.24, 2.45) is 0 Å². The second-order valence-corrected chi connectivity index (χ2v) is 7.75. The molecular formula is C21H28N6O. The van der Waals surface area contributed by atoms with Crippen LogP contribution in [0.3, 0.4) is 0 Å². The normalized spacial score (nSPS) is 20.1. The van der Waals surface area contributed by atoms with Crippen molar-refractivity contribution < 1.29 is 4.79 Å². The zero-order valence-corrected chi connectivity index (χ0v) is 16.8. The van der Waals surface area contributed by atoms with Crippen molar-refractivity contribution in [3.63, 3.8) is 0 Å². The molecule has 28 heavy (non-hydrogen) atoms. The number of carbonyl (C=O) groups is 1. The number of fused-ring (bicyclic) bond motifs is 1. The average Bonchev–Trinajstić information content (AvgIpc) is 2.74. The molecule has 2 aromatic rings. The molecule has 1 fully saturated rings. The van der Waals surface area contributed by atoms with Gasteiger partial charge in [-0.25, -0.2) is 19.9 Å². The third-order valence-electron chi connectivity index (χ3n) is 5.72. The zero-order valence-electron chi connectivity index (χ0n) is 16.8. The number of amides is 1. The van der Waals surface area contributed by atoms with E-state index in [1.165, 1.54) is 5.56 Å². The molecule has 0 radical (unpaired) electrons. The van der Waals surface area contributed by atoms with Crippen LogP contribution < -0.4 is 0 Å². The van der Waals surface area contributed by atoms with E-state index in [1.807, 2.05) is 23.5 Å². The van der Waals surface area contributed by atoms with Crippen LogP contribution in [0.4, 0.5) is 0 Å². The van der Waals surface area contributed by atoms with Gasteiger partial charge in [0.1, 0.15) is 5.82 Å².